The van der Waals surface area contributed by atoms with Crippen molar-refractivity contribution in [1.29, 1.82) is 0 Å². The normalized spacial score (nSPS) is 15.2. The van der Waals surface area contributed by atoms with Crippen molar-refractivity contribution in [1.82, 2.24) is 0 Å². The van der Waals surface area contributed by atoms with Gasteiger partial charge in [0.25, 0.3) is 0 Å². The van der Waals surface area contributed by atoms with Crippen LogP contribution < -0.4 is 0 Å². The Kier molecular flexibility index (Phi) is 5.85. The molecule has 0 spiro atoms. The lowest BCUT2D eigenvalue weighted by Crippen LogP contribution is -2.06. The Bertz CT molecular complexity index is 543. The summed E-state index contributed by atoms with van der Waals surface area (Å²) in [4.78, 5) is 0. The van der Waals surface area contributed by atoms with E-state index in [1.807, 2.05) is 12.1 Å². The highest BCUT2D eigenvalue weighted by Gasteiger charge is 2.17. The molecule has 2 aromatic carbocycles. The Hall–Kier alpha value is -1.77. The molecule has 0 aliphatic heterocycles. The minimum absolute atomic E-state index is 0.0191. The van der Waals surface area contributed by atoms with Crippen LogP contribution in [0.4, 0.5) is 13.2 Å². The molecule has 1 fully saturated rings. The number of benzene rings is 2. The molecule has 0 aromatic heterocycles. The Labute approximate surface area is 123 Å². The molecule has 1 aliphatic carbocycles. The number of hydrogen-bond donors (Lipinski definition) is 0. The van der Waals surface area contributed by atoms with Gasteiger partial charge in [0, 0.05) is 6.07 Å². The lowest BCUT2D eigenvalue weighted by molar-refractivity contribution is 0.430. The molecule has 0 radical (unpaired) electrons. The van der Waals surface area contributed by atoms with E-state index in [4.69, 9.17) is 0 Å². The average Bonchev–Trinajstić information content (AvgIpc) is 2.49. The van der Waals surface area contributed by atoms with E-state index >= 15 is 0 Å². The first-order valence-corrected chi connectivity index (χ1v) is 7.32. The van der Waals surface area contributed by atoms with E-state index < -0.39 is 11.6 Å². The average molecular weight is 292 g/mol. The van der Waals surface area contributed by atoms with Gasteiger partial charge in [-0.1, -0.05) is 43.5 Å². The van der Waals surface area contributed by atoms with Gasteiger partial charge >= 0.3 is 0 Å². The monoisotopic (exact) mass is 292 g/mol. The maximum absolute atomic E-state index is 13.4. The van der Waals surface area contributed by atoms with Gasteiger partial charge in [0.05, 0.1) is 0 Å². The summed E-state index contributed by atoms with van der Waals surface area (Å²) < 4.78 is 37.2. The summed E-state index contributed by atoms with van der Waals surface area (Å²) in [5.41, 5.74) is 0.933. The first-order valence-electron chi connectivity index (χ1n) is 7.32. The molecule has 0 heterocycles. The molecule has 3 heteroatoms. The Morgan fingerprint density at radius 2 is 1.33 bits per heavy atom. The zero-order valence-electron chi connectivity index (χ0n) is 11.9. The van der Waals surface area contributed by atoms with Crippen molar-refractivity contribution in [3.63, 3.8) is 0 Å². The maximum Gasteiger partial charge on any atom is 0.126 e. The van der Waals surface area contributed by atoms with Crippen LogP contribution in [0.25, 0.3) is 0 Å². The van der Waals surface area contributed by atoms with E-state index in [0.717, 1.165) is 11.6 Å². The standard InChI is InChI=1S/C12H15F.C6H4F2/c13-12-9-5-4-8-11(12)10-6-2-1-3-7-10;7-5-2-1-3-6(8)4-5/h4-5,8-10H,1-3,6-7H2;1-4H. The van der Waals surface area contributed by atoms with E-state index in [2.05, 4.69) is 0 Å². The third-order valence-corrected chi connectivity index (χ3v) is 3.74. The molecular weight excluding hydrogens is 273 g/mol. The van der Waals surface area contributed by atoms with E-state index in [1.165, 1.54) is 50.3 Å². The van der Waals surface area contributed by atoms with Crippen LogP contribution in [0.15, 0.2) is 48.5 Å². The maximum atomic E-state index is 13.4. The van der Waals surface area contributed by atoms with Gasteiger partial charge in [-0.3, -0.25) is 0 Å². The molecule has 21 heavy (non-hydrogen) atoms. The van der Waals surface area contributed by atoms with Crippen molar-refractivity contribution < 1.29 is 13.2 Å². The van der Waals surface area contributed by atoms with Crippen LogP contribution in [0.5, 0.6) is 0 Å². The van der Waals surface area contributed by atoms with Crippen LogP contribution in [-0.4, -0.2) is 0 Å². The van der Waals surface area contributed by atoms with Gasteiger partial charge in [0.1, 0.15) is 17.5 Å². The highest BCUT2D eigenvalue weighted by molar-refractivity contribution is 5.21. The second-order valence-corrected chi connectivity index (χ2v) is 5.30. The molecule has 1 saturated carbocycles. The predicted molar refractivity (Wildman–Crippen MR) is 78.6 cm³/mol. The van der Waals surface area contributed by atoms with Crippen molar-refractivity contribution in [3.8, 4) is 0 Å². The van der Waals surface area contributed by atoms with Crippen molar-refractivity contribution in [3.05, 3.63) is 71.5 Å². The molecule has 112 valence electrons. The largest absolute Gasteiger partial charge is 0.207 e. The molecule has 0 saturated heterocycles. The molecule has 0 bridgehead atoms. The summed E-state index contributed by atoms with van der Waals surface area (Å²) >= 11 is 0. The third-order valence-electron chi connectivity index (χ3n) is 3.74. The summed E-state index contributed by atoms with van der Waals surface area (Å²) in [6.07, 6.45) is 6.19. The minimum Gasteiger partial charge on any atom is -0.207 e. The molecule has 1 aliphatic rings. The number of hydrogen-bond acceptors (Lipinski definition) is 0. The Morgan fingerprint density at radius 3 is 1.86 bits per heavy atom. The summed E-state index contributed by atoms with van der Waals surface area (Å²) in [6.45, 7) is 0. The zero-order valence-corrected chi connectivity index (χ0v) is 11.9. The molecule has 0 atom stereocenters. The van der Waals surface area contributed by atoms with Gasteiger partial charge in [0.15, 0.2) is 0 Å². The summed E-state index contributed by atoms with van der Waals surface area (Å²) in [5.74, 6) is -0.612. The molecule has 0 N–H and O–H groups in total. The zero-order chi connectivity index (χ0) is 15.1. The van der Waals surface area contributed by atoms with E-state index in [9.17, 15) is 13.2 Å². The van der Waals surface area contributed by atoms with Gasteiger partial charge in [-0.2, -0.15) is 0 Å². The lowest BCUT2D eigenvalue weighted by atomic mass is 9.84. The fourth-order valence-electron chi connectivity index (χ4n) is 2.68. The van der Waals surface area contributed by atoms with Crippen LogP contribution in [-0.2, 0) is 0 Å². The quantitative estimate of drug-likeness (QED) is 0.619. The Balaban J connectivity index is 0.000000173. The van der Waals surface area contributed by atoms with E-state index in [0.29, 0.717) is 5.92 Å². The number of halogens is 3. The van der Waals surface area contributed by atoms with Crippen molar-refractivity contribution >= 4 is 0 Å². The second kappa shape index (κ2) is 7.87. The number of rotatable bonds is 1. The smallest absolute Gasteiger partial charge is 0.126 e. The summed E-state index contributed by atoms with van der Waals surface area (Å²) in [5, 5.41) is 0. The molecule has 0 nitrogen and oxygen atoms in total. The predicted octanol–water partition coefficient (Wildman–Crippen LogP) is 5.84. The van der Waals surface area contributed by atoms with Crippen molar-refractivity contribution in [2.24, 2.45) is 0 Å². The van der Waals surface area contributed by atoms with Crippen molar-refractivity contribution in [2.75, 3.05) is 0 Å². The summed E-state index contributed by atoms with van der Waals surface area (Å²) in [6, 6.07) is 11.8. The molecule has 0 unspecified atom stereocenters. The topological polar surface area (TPSA) is 0 Å². The van der Waals surface area contributed by atoms with Gasteiger partial charge < -0.3 is 0 Å². The van der Waals surface area contributed by atoms with Crippen LogP contribution >= 0.6 is 0 Å². The fourth-order valence-corrected chi connectivity index (χ4v) is 2.68. The first-order chi connectivity index (χ1) is 10.2. The lowest BCUT2D eigenvalue weighted by Gasteiger charge is -2.22. The third kappa shape index (κ3) is 4.92. The van der Waals surface area contributed by atoms with Gasteiger partial charge in [-0.25, -0.2) is 13.2 Å². The second-order valence-electron chi connectivity index (χ2n) is 5.30. The van der Waals surface area contributed by atoms with Crippen LogP contribution in [0.1, 0.15) is 43.6 Å². The SMILES string of the molecule is Fc1cccc(F)c1.Fc1ccccc1C1CCCCC1. The highest BCUT2D eigenvalue weighted by Crippen LogP contribution is 2.33. The van der Waals surface area contributed by atoms with Crippen LogP contribution in [0, 0.1) is 17.5 Å². The van der Waals surface area contributed by atoms with Crippen LogP contribution in [0.2, 0.25) is 0 Å². The molecule has 0 amide bonds. The molecular formula is C18H19F3. The van der Waals surface area contributed by atoms with Gasteiger partial charge in [0.2, 0.25) is 0 Å². The van der Waals surface area contributed by atoms with Crippen LogP contribution in [0.3, 0.4) is 0 Å². The van der Waals surface area contributed by atoms with E-state index in [1.54, 1.807) is 12.1 Å². The van der Waals surface area contributed by atoms with Crippen molar-refractivity contribution in [2.45, 2.75) is 38.0 Å². The first kappa shape index (κ1) is 15.6. The van der Waals surface area contributed by atoms with Gasteiger partial charge in [-0.15, -0.1) is 0 Å². The van der Waals surface area contributed by atoms with E-state index in [-0.39, 0.29) is 5.82 Å². The molecule has 2 aromatic rings. The molecule has 3 rings (SSSR count). The Morgan fingerprint density at radius 1 is 0.714 bits per heavy atom. The van der Waals surface area contributed by atoms with Gasteiger partial charge in [-0.05, 0) is 42.5 Å². The fraction of sp³-hybridized carbons (Fsp3) is 0.333. The summed E-state index contributed by atoms with van der Waals surface area (Å²) in [7, 11) is 0. The highest BCUT2D eigenvalue weighted by atomic mass is 19.1. The minimum atomic E-state index is -0.537.